The number of carboxylic acids is 1. The molecule has 2 aromatic rings. The van der Waals surface area contributed by atoms with Crippen molar-refractivity contribution in [1.29, 1.82) is 0 Å². The SMILES string of the molecule is CC1(C)OC(=O)C=C(c2cccc(-c3ocnc3C(=O)O)c2)O1. The van der Waals surface area contributed by atoms with Crippen LogP contribution in [0.5, 0.6) is 0 Å². The zero-order valence-corrected chi connectivity index (χ0v) is 12.4. The first-order chi connectivity index (χ1) is 10.9. The number of oxazole rings is 1. The topological polar surface area (TPSA) is 98.9 Å². The fourth-order valence-corrected chi connectivity index (χ4v) is 2.25. The van der Waals surface area contributed by atoms with Crippen LogP contribution in [0.4, 0.5) is 0 Å². The van der Waals surface area contributed by atoms with E-state index in [2.05, 4.69) is 4.98 Å². The lowest BCUT2D eigenvalue weighted by Crippen LogP contribution is -2.33. The predicted octanol–water partition coefficient (Wildman–Crippen LogP) is 2.69. The molecule has 118 valence electrons. The van der Waals surface area contributed by atoms with Crippen LogP contribution in [0.3, 0.4) is 0 Å². The Labute approximate surface area is 131 Å². The lowest BCUT2D eigenvalue weighted by Gasteiger charge is -2.30. The lowest BCUT2D eigenvalue weighted by molar-refractivity contribution is -0.193. The minimum absolute atomic E-state index is 0.137. The summed E-state index contributed by atoms with van der Waals surface area (Å²) in [5.41, 5.74) is 0.930. The number of nitrogens with zero attached hydrogens (tertiary/aromatic N) is 1. The van der Waals surface area contributed by atoms with Gasteiger partial charge in [0.15, 0.2) is 17.8 Å². The highest BCUT2D eigenvalue weighted by molar-refractivity contribution is 5.93. The summed E-state index contributed by atoms with van der Waals surface area (Å²) in [7, 11) is 0. The summed E-state index contributed by atoms with van der Waals surface area (Å²) in [6.07, 6.45) is 2.31. The first-order valence-corrected chi connectivity index (χ1v) is 6.77. The Kier molecular flexibility index (Phi) is 3.40. The second-order valence-corrected chi connectivity index (χ2v) is 5.35. The number of hydrogen-bond acceptors (Lipinski definition) is 6. The van der Waals surface area contributed by atoms with E-state index >= 15 is 0 Å². The quantitative estimate of drug-likeness (QED) is 0.869. The summed E-state index contributed by atoms with van der Waals surface area (Å²) in [6.45, 7) is 3.25. The van der Waals surface area contributed by atoms with Gasteiger partial charge in [0.05, 0.1) is 6.08 Å². The molecule has 23 heavy (non-hydrogen) atoms. The van der Waals surface area contributed by atoms with Crippen LogP contribution in [-0.2, 0) is 14.3 Å². The van der Waals surface area contributed by atoms with Crippen molar-refractivity contribution in [2.24, 2.45) is 0 Å². The molecule has 0 bridgehead atoms. The van der Waals surface area contributed by atoms with Crippen LogP contribution in [0.25, 0.3) is 17.1 Å². The summed E-state index contributed by atoms with van der Waals surface area (Å²) < 4.78 is 15.8. The van der Waals surface area contributed by atoms with E-state index in [0.717, 1.165) is 6.39 Å². The summed E-state index contributed by atoms with van der Waals surface area (Å²) in [4.78, 5) is 26.5. The molecule has 2 heterocycles. The normalized spacial score (nSPS) is 16.3. The van der Waals surface area contributed by atoms with Gasteiger partial charge in [-0.05, 0) is 6.07 Å². The number of rotatable bonds is 3. The highest BCUT2D eigenvalue weighted by Gasteiger charge is 2.31. The van der Waals surface area contributed by atoms with Crippen molar-refractivity contribution in [3.63, 3.8) is 0 Å². The molecule has 0 atom stereocenters. The van der Waals surface area contributed by atoms with Crippen molar-refractivity contribution < 1.29 is 28.6 Å². The number of benzene rings is 1. The Morgan fingerprint density at radius 1 is 1.22 bits per heavy atom. The van der Waals surface area contributed by atoms with Gasteiger partial charge >= 0.3 is 11.9 Å². The zero-order valence-electron chi connectivity index (χ0n) is 12.4. The van der Waals surface area contributed by atoms with Gasteiger partial charge < -0.3 is 19.0 Å². The molecule has 1 aliphatic rings. The fraction of sp³-hybridized carbons (Fsp3) is 0.188. The van der Waals surface area contributed by atoms with Gasteiger partial charge in [0, 0.05) is 25.0 Å². The van der Waals surface area contributed by atoms with E-state index in [4.69, 9.17) is 19.0 Å². The van der Waals surface area contributed by atoms with E-state index < -0.39 is 17.7 Å². The van der Waals surface area contributed by atoms with Gasteiger partial charge in [0.1, 0.15) is 5.76 Å². The predicted molar refractivity (Wildman–Crippen MR) is 78.1 cm³/mol. The van der Waals surface area contributed by atoms with Crippen LogP contribution in [0.15, 0.2) is 41.2 Å². The Bertz CT molecular complexity index is 817. The highest BCUT2D eigenvalue weighted by Crippen LogP contribution is 2.31. The number of carboxylic acid groups (broad SMARTS) is 1. The zero-order chi connectivity index (χ0) is 16.6. The summed E-state index contributed by atoms with van der Waals surface area (Å²) in [5.74, 6) is -2.29. The molecule has 0 amide bonds. The minimum atomic E-state index is -1.18. The van der Waals surface area contributed by atoms with Gasteiger partial charge in [-0.15, -0.1) is 0 Å². The number of carbonyl (C=O) groups excluding carboxylic acids is 1. The van der Waals surface area contributed by atoms with Crippen molar-refractivity contribution in [1.82, 2.24) is 4.98 Å². The van der Waals surface area contributed by atoms with Crippen LogP contribution < -0.4 is 0 Å². The molecular weight excluding hydrogens is 302 g/mol. The maximum atomic E-state index is 11.6. The second kappa shape index (κ2) is 5.28. The first kappa shape index (κ1) is 14.8. The smallest absolute Gasteiger partial charge is 0.358 e. The maximum Gasteiger partial charge on any atom is 0.358 e. The standard InChI is InChI=1S/C16H13NO6/c1-16(2)22-11(7-12(18)23-16)9-4-3-5-10(6-9)14-13(15(19)20)17-8-21-14/h3-8H,1-2H3,(H,19,20). The van der Waals surface area contributed by atoms with E-state index in [9.17, 15) is 9.59 Å². The highest BCUT2D eigenvalue weighted by atomic mass is 16.7. The summed E-state index contributed by atoms with van der Waals surface area (Å²) >= 11 is 0. The van der Waals surface area contributed by atoms with E-state index in [1.807, 2.05) is 0 Å². The fourth-order valence-electron chi connectivity index (χ4n) is 2.25. The number of ether oxygens (including phenoxy) is 2. The molecule has 0 unspecified atom stereocenters. The molecule has 7 nitrogen and oxygen atoms in total. The minimum Gasteiger partial charge on any atom is -0.476 e. The van der Waals surface area contributed by atoms with Gasteiger partial charge in [0.25, 0.3) is 0 Å². The molecule has 0 spiro atoms. The largest absolute Gasteiger partial charge is 0.476 e. The van der Waals surface area contributed by atoms with Crippen LogP contribution in [0.2, 0.25) is 0 Å². The molecular formula is C16H13NO6. The summed E-state index contributed by atoms with van der Waals surface area (Å²) in [6, 6.07) is 6.79. The lowest BCUT2D eigenvalue weighted by atomic mass is 10.1. The molecule has 0 saturated heterocycles. The van der Waals surface area contributed by atoms with Crippen LogP contribution in [0.1, 0.15) is 29.9 Å². The number of hydrogen-bond donors (Lipinski definition) is 1. The Balaban J connectivity index is 2.02. The van der Waals surface area contributed by atoms with E-state index in [1.54, 1.807) is 38.1 Å². The molecule has 1 aliphatic heterocycles. The molecule has 0 fully saturated rings. The van der Waals surface area contributed by atoms with E-state index in [-0.39, 0.29) is 11.5 Å². The van der Waals surface area contributed by atoms with Crippen molar-refractivity contribution in [3.8, 4) is 11.3 Å². The molecule has 0 radical (unpaired) electrons. The summed E-state index contributed by atoms with van der Waals surface area (Å²) in [5, 5.41) is 9.12. The Hall–Kier alpha value is -3.09. The second-order valence-electron chi connectivity index (χ2n) is 5.35. The van der Waals surface area contributed by atoms with Gasteiger partial charge in [-0.25, -0.2) is 14.6 Å². The third-order valence-electron chi connectivity index (χ3n) is 3.13. The van der Waals surface area contributed by atoms with Crippen LogP contribution in [0, 0.1) is 0 Å². The van der Waals surface area contributed by atoms with Crippen LogP contribution in [-0.4, -0.2) is 27.8 Å². The average Bonchev–Trinajstić information content (AvgIpc) is 2.95. The van der Waals surface area contributed by atoms with Gasteiger partial charge in [-0.2, -0.15) is 0 Å². The third-order valence-corrected chi connectivity index (χ3v) is 3.13. The number of esters is 1. The molecule has 3 rings (SSSR count). The van der Waals surface area contributed by atoms with Crippen molar-refractivity contribution in [2.45, 2.75) is 19.6 Å². The molecule has 0 aliphatic carbocycles. The number of cyclic esters (lactones) is 1. The first-order valence-electron chi connectivity index (χ1n) is 6.77. The molecule has 7 heteroatoms. The monoisotopic (exact) mass is 315 g/mol. The molecule has 1 N–H and O–H groups in total. The number of carbonyl (C=O) groups is 2. The van der Waals surface area contributed by atoms with Gasteiger partial charge in [0.2, 0.25) is 5.79 Å². The van der Waals surface area contributed by atoms with Gasteiger partial charge in [-0.1, -0.05) is 18.2 Å². The van der Waals surface area contributed by atoms with E-state index in [0.29, 0.717) is 16.9 Å². The molecule has 1 aromatic carbocycles. The van der Waals surface area contributed by atoms with Crippen molar-refractivity contribution in [2.75, 3.05) is 0 Å². The molecule has 0 saturated carbocycles. The molecule has 1 aromatic heterocycles. The van der Waals surface area contributed by atoms with Crippen molar-refractivity contribution in [3.05, 3.63) is 48.0 Å². The third kappa shape index (κ3) is 2.94. The number of aromatic carboxylic acids is 1. The Morgan fingerprint density at radius 3 is 2.65 bits per heavy atom. The maximum absolute atomic E-state index is 11.6. The Morgan fingerprint density at radius 2 is 1.96 bits per heavy atom. The van der Waals surface area contributed by atoms with Gasteiger partial charge in [-0.3, -0.25) is 0 Å². The average molecular weight is 315 g/mol. The van der Waals surface area contributed by atoms with Crippen molar-refractivity contribution >= 4 is 17.7 Å². The van der Waals surface area contributed by atoms with Crippen LogP contribution >= 0.6 is 0 Å². The van der Waals surface area contributed by atoms with E-state index in [1.165, 1.54) is 6.08 Å². The number of aromatic nitrogens is 1.